The van der Waals surface area contributed by atoms with Crippen molar-refractivity contribution in [3.05, 3.63) is 65.0 Å². The molecule has 1 aliphatic carbocycles. The number of amides is 1. The summed E-state index contributed by atoms with van der Waals surface area (Å²) in [5.41, 5.74) is 2.29. The minimum atomic E-state index is -1.28. The summed E-state index contributed by atoms with van der Waals surface area (Å²) in [6, 6.07) is 8.33. The molecule has 1 fully saturated rings. The van der Waals surface area contributed by atoms with Gasteiger partial charge in [-0.05, 0) is 80.2 Å². The number of carboxylic acid groups (broad SMARTS) is 1. The topological polar surface area (TPSA) is 66.8 Å². The molecule has 1 aliphatic heterocycles. The largest absolute Gasteiger partial charge is 0.478 e. The molecule has 1 aromatic rings. The zero-order chi connectivity index (χ0) is 24.2. The summed E-state index contributed by atoms with van der Waals surface area (Å²) in [6.45, 7) is 11.1. The second-order valence-electron chi connectivity index (χ2n) is 10.1. The molecule has 2 aliphatic rings. The number of carbonyl (C=O) groups is 2. The van der Waals surface area contributed by atoms with Gasteiger partial charge in [0.15, 0.2) is 5.60 Å². The number of likely N-dealkylation sites (tertiary alicyclic amines) is 1. The first kappa shape index (κ1) is 24.8. The van der Waals surface area contributed by atoms with E-state index in [4.69, 9.17) is 4.74 Å². The molecule has 3 rings (SSSR count). The van der Waals surface area contributed by atoms with Crippen LogP contribution in [-0.4, -0.2) is 40.6 Å². The van der Waals surface area contributed by atoms with Gasteiger partial charge < -0.3 is 14.7 Å². The molecule has 0 saturated carbocycles. The van der Waals surface area contributed by atoms with Gasteiger partial charge in [-0.25, -0.2) is 4.79 Å². The van der Waals surface area contributed by atoms with Gasteiger partial charge in [-0.2, -0.15) is 0 Å². The van der Waals surface area contributed by atoms with E-state index in [0.29, 0.717) is 24.1 Å². The first-order chi connectivity index (χ1) is 15.6. The lowest BCUT2D eigenvalue weighted by Gasteiger charge is -2.36. The predicted molar refractivity (Wildman–Crippen MR) is 132 cm³/mol. The number of benzene rings is 1. The van der Waals surface area contributed by atoms with Gasteiger partial charge in [0.25, 0.3) is 0 Å². The van der Waals surface area contributed by atoms with E-state index in [0.717, 1.165) is 31.4 Å². The third-order valence-electron chi connectivity index (χ3n) is 6.66. The smallest absolute Gasteiger partial charge is 0.347 e. The molecule has 33 heavy (non-hydrogen) atoms. The molecule has 1 saturated heterocycles. The van der Waals surface area contributed by atoms with Crippen molar-refractivity contribution < 1.29 is 19.4 Å². The highest BCUT2D eigenvalue weighted by Gasteiger charge is 2.33. The first-order valence-electron chi connectivity index (χ1n) is 12.0. The van der Waals surface area contributed by atoms with Crippen LogP contribution in [-0.2, 0) is 14.3 Å². The minimum absolute atomic E-state index is 0.0377. The van der Waals surface area contributed by atoms with Crippen molar-refractivity contribution in [3.8, 4) is 0 Å². The number of piperidine rings is 1. The van der Waals surface area contributed by atoms with E-state index in [9.17, 15) is 14.7 Å². The van der Waals surface area contributed by atoms with Gasteiger partial charge in [0.1, 0.15) is 5.76 Å². The summed E-state index contributed by atoms with van der Waals surface area (Å²) in [5.74, 6) is 0.760. The molecule has 2 atom stereocenters. The second kappa shape index (κ2) is 10.4. The normalized spacial score (nSPS) is 21.7. The Kier molecular flexibility index (Phi) is 7.83. The van der Waals surface area contributed by atoms with Crippen LogP contribution in [0.4, 0.5) is 0 Å². The Bertz CT molecular complexity index is 953. The Labute approximate surface area is 197 Å². The number of aliphatic carboxylic acids is 1. The maximum atomic E-state index is 12.9. The maximum Gasteiger partial charge on any atom is 0.347 e. The van der Waals surface area contributed by atoms with E-state index in [-0.39, 0.29) is 11.8 Å². The predicted octanol–water partition coefficient (Wildman–Crippen LogP) is 5.79. The molecule has 178 valence electrons. The number of nitrogens with zero attached hydrogens (tertiary/aromatic N) is 1. The average molecular weight is 452 g/mol. The van der Waals surface area contributed by atoms with Crippen LogP contribution < -0.4 is 0 Å². The van der Waals surface area contributed by atoms with Crippen molar-refractivity contribution in [2.45, 2.75) is 65.4 Å². The van der Waals surface area contributed by atoms with Crippen LogP contribution in [0.2, 0.25) is 0 Å². The second-order valence-corrected chi connectivity index (χ2v) is 10.1. The molecular formula is C28H37NO4. The number of ether oxygens (including phenoxy) is 1. The highest BCUT2D eigenvalue weighted by molar-refractivity contribution is 5.91. The van der Waals surface area contributed by atoms with E-state index in [1.165, 1.54) is 11.1 Å². The monoisotopic (exact) mass is 451 g/mol. The molecule has 1 heterocycles. The molecule has 1 N–H and O–H groups in total. The fourth-order valence-corrected chi connectivity index (χ4v) is 4.44. The van der Waals surface area contributed by atoms with Crippen LogP contribution in [0, 0.1) is 11.8 Å². The molecule has 2 unspecified atom stereocenters. The average Bonchev–Trinajstić information content (AvgIpc) is 2.78. The van der Waals surface area contributed by atoms with Crippen LogP contribution >= 0.6 is 0 Å². The van der Waals surface area contributed by atoms with Gasteiger partial charge in [0.05, 0.1) is 0 Å². The third kappa shape index (κ3) is 6.37. The number of carbonyl (C=O) groups excluding carboxylic acids is 1. The zero-order valence-electron chi connectivity index (χ0n) is 20.5. The van der Waals surface area contributed by atoms with Crippen LogP contribution in [0.15, 0.2) is 53.8 Å². The number of hydrogen-bond acceptors (Lipinski definition) is 3. The Balaban J connectivity index is 1.66. The summed E-state index contributed by atoms with van der Waals surface area (Å²) >= 11 is 0. The number of hydrogen-bond donors (Lipinski definition) is 1. The summed E-state index contributed by atoms with van der Waals surface area (Å²) in [5, 5.41) is 9.38. The Morgan fingerprint density at radius 1 is 1.21 bits per heavy atom. The fourth-order valence-electron chi connectivity index (χ4n) is 4.44. The number of rotatable bonds is 7. The zero-order valence-corrected chi connectivity index (χ0v) is 20.5. The maximum absolute atomic E-state index is 12.9. The standard InChI is InChI=1S/C28H37NO4/c1-19(2)22-12-9-21(10-13-22)11-15-26(30)29-16-6-7-23(18-29)25-17-24(14-8-20(25)3)33-28(4,5)27(31)32/h9-15,17,19-20,23H,6-8,16,18H2,1-5H3,(H,31,32)/b15-11+. The SMILES string of the molecule is CC1CC=C(OC(C)(C)C(=O)O)C=C1C1CCCN(C(=O)/C=C/c2ccc(C(C)C)cc2)C1. The van der Waals surface area contributed by atoms with Gasteiger partial charge in [0.2, 0.25) is 5.91 Å². The van der Waals surface area contributed by atoms with Gasteiger partial charge in [-0.1, -0.05) is 50.6 Å². The van der Waals surface area contributed by atoms with Crippen molar-refractivity contribution in [1.82, 2.24) is 4.90 Å². The van der Waals surface area contributed by atoms with Crippen molar-refractivity contribution >= 4 is 18.0 Å². The molecule has 1 aromatic carbocycles. The van der Waals surface area contributed by atoms with Crippen molar-refractivity contribution in [2.24, 2.45) is 11.8 Å². The summed E-state index contributed by atoms with van der Waals surface area (Å²) < 4.78 is 5.79. The number of carboxylic acids is 1. The molecule has 0 bridgehead atoms. The van der Waals surface area contributed by atoms with Crippen molar-refractivity contribution in [3.63, 3.8) is 0 Å². The molecule has 0 aromatic heterocycles. The van der Waals surface area contributed by atoms with Gasteiger partial charge in [0, 0.05) is 19.2 Å². The quantitative estimate of drug-likeness (QED) is 0.533. The molecule has 1 amide bonds. The van der Waals surface area contributed by atoms with E-state index < -0.39 is 11.6 Å². The summed E-state index contributed by atoms with van der Waals surface area (Å²) in [7, 11) is 0. The highest BCUT2D eigenvalue weighted by atomic mass is 16.5. The van der Waals surface area contributed by atoms with Gasteiger partial charge in [-0.3, -0.25) is 4.79 Å². The van der Waals surface area contributed by atoms with Crippen LogP contribution in [0.3, 0.4) is 0 Å². The van der Waals surface area contributed by atoms with E-state index in [1.54, 1.807) is 19.9 Å². The van der Waals surface area contributed by atoms with Crippen LogP contribution in [0.1, 0.15) is 70.9 Å². The summed E-state index contributed by atoms with van der Waals surface area (Å²) in [4.78, 5) is 26.3. The van der Waals surface area contributed by atoms with Crippen LogP contribution in [0.5, 0.6) is 0 Å². The Morgan fingerprint density at radius 2 is 1.91 bits per heavy atom. The van der Waals surface area contributed by atoms with Crippen molar-refractivity contribution in [2.75, 3.05) is 13.1 Å². The molecular weight excluding hydrogens is 414 g/mol. The van der Waals surface area contributed by atoms with Crippen LogP contribution in [0.25, 0.3) is 6.08 Å². The molecule has 0 radical (unpaired) electrons. The van der Waals surface area contributed by atoms with E-state index in [1.807, 2.05) is 23.1 Å². The lowest BCUT2D eigenvalue weighted by molar-refractivity contribution is -0.156. The summed E-state index contributed by atoms with van der Waals surface area (Å²) in [6.07, 6.45) is 10.3. The first-order valence-corrected chi connectivity index (χ1v) is 12.0. The number of allylic oxidation sites excluding steroid dienone is 2. The minimum Gasteiger partial charge on any atom is -0.478 e. The van der Waals surface area contributed by atoms with Gasteiger partial charge >= 0.3 is 5.97 Å². The Morgan fingerprint density at radius 3 is 2.55 bits per heavy atom. The van der Waals surface area contributed by atoms with Crippen molar-refractivity contribution in [1.29, 1.82) is 0 Å². The Hall–Kier alpha value is -2.82. The molecule has 5 heteroatoms. The lowest BCUT2D eigenvalue weighted by atomic mass is 9.79. The third-order valence-corrected chi connectivity index (χ3v) is 6.66. The molecule has 0 spiro atoms. The lowest BCUT2D eigenvalue weighted by Crippen LogP contribution is -2.40. The highest BCUT2D eigenvalue weighted by Crippen LogP contribution is 2.35. The van der Waals surface area contributed by atoms with E-state index in [2.05, 4.69) is 45.0 Å². The van der Waals surface area contributed by atoms with Gasteiger partial charge in [-0.15, -0.1) is 0 Å². The molecule has 5 nitrogen and oxygen atoms in total. The fraction of sp³-hybridized carbons (Fsp3) is 0.500. The van der Waals surface area contributed by atoms with E-state index >= 15 is 0 Å².